The van der Waals surface area contributed by atoms with Crippen molar-refractivity contribution in [2.75, 3.05) is 7.11 Å². The molecule has 1 atom stereocenters. The molecule has 0 rings (SSSR count). The van der Waals surface area contributed by atoms with Gasteiger partial charge in [0.25, 0.3) is 0 Å². The van der Waals surface area contributed by atoms with Crippen LogP contribution in [0.15, 0.2) is 0 Å². The van der Waals surface area contributed by atoms with Crippen molar-refractivity contribution in [2.45, 2.75) is 0 Å². The van der Waals surface area contributed by atoms with Crippen molar-refractivity contribution in [3.63, 3.8) is 0 Å². The summed E-state index contributed by atoms with van der Waals surface area (Å²) in [5, 5.41) is 0. The first-order valence-corrected chi connectivity index (χ1v) is 6.59. The van der Waals surface area contributed by atoms with Crippen molar-refractivity contribution in [1.82, 2.24) is 0 Å². The summed E-state index contributed by atoms with van der Waals surface area (Å²) in [5.74, 6) is 0. The molecule has 5 heteroatoms. The fourth-order valence-corrected chi connectivity index (χ4v) is 0. The molecule has 0 saturated heterocycles. The maximum atomic E-state index is 9.95. The summed E-state index contributed by atoms with van der Waals surface area (Å²) in [5.41, 5.74) is -3.06. The second-order valence-electron chi connectivity index (χ2n) is 0.651. The van der Waals surface area contributed by atoms with Crippen LogP contribution in [0.25, 0.3) is 0 Å². The molecule has 0 aliphatic carbocycles. The molecule has 0 heterocycles. The van der Waals surface area contributed by atoms with Crippen LogP contribution in [0, 0.1) is 0 Å². The molecule has 6 heavy (non-hydrogen) atoms. The van der Waals surface area contributed by atoms with Crippen LogP contribution in [0.1, 0.15) is 0 Å². The summed E-state index contributed by atoms with van der Waals surface area (Å²) in [6, 6.07) is 0. The van der Waals surface area contributed by atoms with Gasteiger partial charge in [-0.1, -0.05) is 0 Å². The summed E-state index contributed by atoms with van der Waals surface area (Å²) in [7, 11) is 1.22. The average molecular weight is 279 g/mol. The summed E-state index contributed by atoms with van der Waals surface area (Å²) in [6.45, 7) is 0. The molecule has 1 unspecified atom stereocenters. The zero-order valence-corrected chi connectivity index (χ0v) is 6.95. The molecule has 3 nitrogen and oxygen atoms in total. The van der Waals surface area contributed by atoms with Gasteiger partial charge in [0.05, 0.1) is 0 Å². The van der Waals surface area contributed by atoms with Gasteiger partial charge in [0.1, 0.15) is 0 Å². The SMILES string of the molecule is CO[P](=O)(O)[W]. The summed E-state index contributed by atoms with van der Waals surface area (Å²) in [6.07, 6.45) is 0. The predicted molar refractivity (Wildman–Crippen MR) is 16.8 cm³/mol. The minimum absolute atomic E-state index is 0.583. The van der Waals surface area contributed by atoms with Gasteiger partial charge in [-0.05, 0) is 0 Å². The van der Waals surface area contributed by atoms with E-state index in [1.807, 2.05) is 0 Å². The monoisotopic (exact) mass is 279 g/mol. The van der Waals surface area contributed by atoms with E-state index in [0.29, 0.717) is 19.3 Å². The fraction of sp³-hybridized carbons (Fsp3) is 1.00. The minimum atomic E-state index is -3.06. The summed E-state index contributed by atoms with van der Waals surface area (Å²) in [4.78, 5) is 8.20. The van der Waals surface area contributed by atoms with Gasteiger partial charge in [0, 0.05) is 0 Å². The number of hydrogen-bond donors (Lipinski definition) is 1. The van der Waals surface area contributed by atoms with Gasteiger partial charge in [-0.15, -0.1) is 0 Å². The molecule has 0 aliphatic rings. The number of hydrogen-bond acceptors (Lipinski definition) is 2. The first-order valence-electron chi connectivity index (χ1n) is 1.16. The topological polar surface area (TPSA) is 46.5 Å². The second-order valence-corrected chi connectivity index (χ2v) is 6.93. The van der Waals surface area contributed by atoms with Gasteiger partial charge in [-0.2, -0.15) is 0 Å². The molecule has 1 N–H and O–H groups in total. The Morgan fingerprint density at radius 1 is 2.00 bits per heavy atom. The molecule has 0 saturated carbocycles. The van der Waals surface area contributed by atoms with Crippen LogP contribution in [0.2, 0.25) is 0 Å². The van der Waals surface area contributed by atoms with Gasteiger partial charge in [-0.3, -0.25) is 0 Å². The van der Waals surface area contributed by atoms with E-state index in [-0.39, 0.29) is 0 Å². The predicted octanol–water partition coefficient (Wildman–Crippen LogP) is 0.280. The van der Waals surface area contributed by atoms with Crippen molar-refractivity contribution in [3.8, 4) is 0 Å². The van der Waals surface area contributed by atoms with Crippen LogP contribution in [0.5, 0.6) is 0 Å². The zero-order valence-electron chi connectivity index (χ0n) is 3.12. The van der Waals surface area contributed by atoms with Crippen LogP contribution in [-0.4, -0.2) is 12.0 Å². The van der Waals surface area contributed by atoms with Gasteiger partial charge in [0.15, 0.2) is 0 Å². The van der Waals surface area contributed by atoms with E-state index in [2.05, 4.69) is 4.52 Å². The van der Waals surface area contributed by atoms with Crippen LogP contribution in [0.4, 0.5) is 0 Å². The third kappa shape index (κ3) is 4.84. The third-order valence-corrected chi connectivity index (χ3v) is 2.30. The second kappa shape index (κ2) is 2.22. The zero-order chi connectivity index (χ0) is 5.21. The molecular formula is CH4O3PW. The molecule has 0 aromatic rings. The van der Waals surface area contributed by atoms with Crippen molar-refractivity contribution >= 4 is 5.69 Å². The molecule has 0 fully saturated rings. The van der Waals surface area contributed by atoms with Crippen LogP contribution >= 0.6 is 5.69 Å². The normalized spacial score (nSPS) is 19.7. The molecule has 37 valence electrons. The van der Waals surface area contributed by atoms with E-state index in [4.69, 9.17) is 4.89 Å². The Balaban J connectivity index is 3.48. The van der Waals surface area contributed by atoms with Crippen LogP contribution < -0.4 is 0 Å². The molecule has 0 radical (unpaired) electrons. The molecule has 0 aromatic heterocycles. The van der Waals surface area contributed by atoms with E-state index in [0.717, 1.165) is 0 Å². The third-order valence-electron chi connectivity index (χ3n) is 0.231. The van der Waals surface area contributed by atoms with Gasteiger partial charge in [0.2, 0.25) is 0 Å². The van der Waals surface area contributed by atoms with Gasteiger partial charge in [-0.25, -0.2) is 0 Å². The van der Waals surface area contributed by atoms with Crippen molar-refractivity contribution in [3.05, 3.63) is 0 Å². The van der Waals surface area contributed by atoms with Crippen LogP contribution in [0.3, 0.4) is 0 Å². The van der Waals surface area contributed by atoms with Gasteiger partial charge >= 0.3 is 46.1 Å². The first kappa shape index (κ1) is 6.84. The van der Waals surface area contributed by atoms with E-state index >= 15 is 0 Å². The average Bonchev–Trinajstić information content (AvgIpc) is 1.35. The van der Waals surface area contributed by atoms with Crippen molar-refractivity contribution in [1.29, 1.82) is 0 Å². The standard InChI is InChI=1S/CH3O3P.W/c1-4-5(2)3;/h1H3;/q;-1/p+1. The van der Waals surface area contributed by atoms with Crippen LogP contribution in [-0.2, 0) is 28.4 Å². The Bertz CT molecular complexity index is 74.9. The maximum absolute atomic E-state index is 9.95. The Morgan fingerprint density at radius 2 is 2.17 bits per heavy atom. The quantitative estimate of drug-likeness (QED) is 0.701. The van der Waals surface area contributed by atoms with E-state index in [1.165, 1.54) is 7.11 Å². The van der Waals surface area contributed by atoms with Gasteiger partial charge < -0.3 is 0 Å². The molecule has 0 bridgehead atoms. The van der Waals surface area contributed by atoms with E-state index in [9.17, 15) is 4.57 Å². The summed E-state index contributed by atoms with van der Waals surface area (Å²) < 4.78 is 14.0. The Morgan fingerprint density at radius 3 is 2.17 bits per heavy atom. The molecular weight excluding hydrogens is 275 g/mol. The Hall–Kier alpha value is 0.838. The molecule has 0 aromatic carbocycles. The van der Waals surface area contributed by atoms with Crippen molar-refractivity contribution in [2.24, 2.45) is 0 Å². The Kier molecular flexibility index (Phi) is 2.54. The molecule has 0 aliphatic heterocycles. The summed E-state index contributed by atoms with van der Waals surface area (Å²) >= 11 is 0.583. The fourth-order valence-electron chi connectivity index (χ4n) is 0. The van der Waals surface area contributed by atoms with E-state index in [1.54, 1.807) is 0 Å². The number of rotatable bonds is 1. The van der Waals surface area contributed by atoms with E-state index < -0.39 is 5.69 Å². The Labute approximate surface area is 46.6 Å². The first-order chi connectivity index (χ1) is 2.56. The van der Waals surface area contributed by atoms with Crippen molar-refractivity contribution < 1.29 is 33.3 Å². The molecule has 0 amide bonds. The molecule has 0 spiro atoms.